The summed E-state index contributed by atoms with van der Waals surface area (Å²) in [6.45, 7) is 0.136. The van der Waals surface area contributed by atoms with Crippen LogP contribution in [-0.4, -0.2) is 31.6 Å². The van der Waals surface area contributed by atoms with Gasteiger partial charge in [0.05, 0.1) is 19.2 Å². The van der Waals surface area contributed by atoms with Gasteiger partial charge in [-0.1, -0.05) is 11.6 Å². The molecule has 0 saturated carbocycles. The summed E-state index contributed by atoms with van der Waals surface area (Å²) >= 11 is 5.78. The number of phenols is 1. The van der Waals surface area contributed by atoms with Gasteiger partial charge in [-0.15, -0.1) is 0 Å². The Morgan fingerprint density at radius 3 is 2.80 bits per heavy atom. The minimum Gasteiger partial charge on any atom is -0.504 e. The van der Waals surface area contributed by atoms with Crippen molar-refractivity contribution in [3.05, 3.63) is 22.7 Å². The molecular formula is C10H12ClNO3. The lowest BCUT2D eigenvalue weighted by Gasteiger charge is -2.08. The number of carbonyl (C=O) groups excluding carboxylic acids is 1. The molecule has 4 nitrogen and oxygen atoms in total. The van der Waals surface area contributed by atoms with Gasteiger partial charge in [0, 0.05) is 11.1 Å². The fraction of sp³-hybridized carbons (Fsp3) is 0.300. The van der Waals surface area contributed by atoms with Gasteiger partial charge >= 0.3 is 0 Å². The van der Waals surface area contributed by atoms with E-state index in [9.17, 15) is 9.90 Å². The smallest absolute Gasteiger partial charge is 0.180 e. The van der Waals surface area contributed by atoms with Gasteiger partial charge in [-0.2, -0.15) is 0 Å². The highest BCUT2D eigenvalue weighted by Crippen LogP contribution is 2.33. The van der Waals surface area contributed by atoms with E-state index in [2.05, 4.69) is 5.32 Å². The predicted octanol–water partition coefficient (Wildman–Crippen LogP) is 1.46. The van der Waals surface area contributed by atoms with Crippen LogP contribution in [0.2, 0.25) is 5.02 Å². The molecule has 15 heavy (non-hydrogen) atoms. The van der Waals surface area contributed by atoms with Crippen LogP contribution in [0, 0.1) is 0 Å². The zero-order valence-corrected chi connectivity index (χ0v) is 9.26. The number of benzene rings is 1. The first-order chi connectivity index (χ1) is 7.10. The Morgan fingerprint density at radius 1 is 1.60 bits per heavy atom. The molecule has 0 aliphatic rings. The number of phenolic OH excluding ortho intramolecular Hbond substituents is 1. The van der Waals surface area contributed by atoms with Gasteiger partial charge in [-0.3, -0.25) is 4.79 Å². The maximum absolute atomic E-state index is 11.5. The Kier molecular flexibility index (Phi) is 3.94. The molecular weight excluding hydrogens is 218 g/mol. The summed E-state index contributed by atoms with van der Waals surface area (Å²) in [5.41, 5.74) is 0.161. The van der Waals surface area contributed by atoms with Crippen molar-refractivity contribution in [1.29, 1.82) is 0 Å². The van der Waals surface area contributed by atoms with Crippen molar-refractivity contribution in [2.75, 3.05) is 20.7 Å². The largest absolute Gasteiger partial charge is 0.504 e. The quantitative estimate of drug-likeness (QED) is 0.768. The number of hydrogen-bond donors (Lipinski definition) is 2. The first kappa shape index (κ1) is 11.8. The number of Topliss-reactive ketones (excluding diaryl/α,β-unsaturated/α-hetero) is 1. The molecule has 0 saturated heterocycles. The molecule has 2 N–H and O–H groups in total. The zero-order valence-electron chi connectivity index (χ0n) is 8.50. The third-order valence-electron chi connectivity index (χ3n) is 1.90. The molecule has 0 aromatic heterocycles. The Hall–Kier alpha value is -1.26. The minimum absolute atomic E-state index is 0.136. The molecule has 0 fully saturated rings. The van der Waals surface area contributed by atoms with Gasteiger partial charge in [0.2, 0.25) is 0 Å². The lowest BCUT2D eigenvalue weighted by Crippen LogP contribution is -2.18. The summed E-state index contributed by atoms with van der Waals surface area (Å²) in [6.07, 6.45) is 0. The summed E-state index contributed by atoms with van der Waals surface area (Å²) in [5, 5.41) is 12.7. The molecule has 0 radical (unpaired) electrons. The fourth-order valence-corrected chi connectivity index (χ4v) is 1.41. The Bertz CT molecular complexity index is 379. The maximum Gasteiger partial charge on any atom is 0.180 e. The molecule has 0 unspecified atom stereocenters. The number of likely N-dealkylation sites (N-methyl/N-ethyl adjacent to an activating group) is 1. The number of aromatic hydroxyl groups is 1. The maximum atomic E-state index is 11.5. The molecule has 0 amide bonds. The van der Waals surface area contributed by atoms with Crippen LogP contribution in [0.15, 0.2) is 12.1 Å². The van der Waals surface area contributed by atoms with E-state index in [0.717, 1.165) is 0 Å². The standard InChI is InChI=1S/C10H12ClNO3/c1-12-5-8(13)7-3-6(11)4-9(15-2)10(7)14/h3-4,12,14H,5H2,1-2H3. The monoisotopic (exact) mass is 229 g/mol. The Labute approximate surface area is 92.8 Å². The number of methoxy groups -OCH3 is 1. The second kappa shape index (κ2) is 5.00. The first-order valence-corrected chi connectivity index (χ1v) is 4.72. The summed E-state index contributed by atoms with van der Waals surface area (Å²) in [4.78, 5) is 11.5. The number of rotatable bonds is 4. The zero-order chi connectivity index (χ0) is 11.4. The average molecular weight is 230 g/mol. The van der Waals surface area contributed by atoms with Gasteiger partial charge in [0.25, 0.3) is 0 Å². The topological polar surface area (TPSA) is 58.6 Å². The normalized spacial score (nSPS) is 10.1. The lowest BCUT2D eigenvalue weighted by molar-refractivity contribution is 0.0990. The molecule has 0 aliphatic heterocycles. The number of carbonyl (C=O) groups is 1. The van der Waals surface area contributed by atoms with E-state index in [1.54, 1.807) is 7.05 Å². The summed E-state index contributed by atoms with van der Waals surface area (Å²) in [7, 11) is 3.05. The molecule has 0 aliphatic carbocycles. The number of hydrogen-bond acceptors (Lipinski definition) is 4. The fourth-order valence-electron chi connectivity index (χ4n) is 1.20. The number of ether oxygens (including phenoxy) is 1. The molecule has 0 bridgehead atoms. The molecule has 0 atom stereocenters. The van der Waals surface area contributed by atoms with E-state index in [-0.39, 0.29) is 29.4 Å². The van der Waals surface area contributed by atoms with Crippen LogP contribution < -0.4 is 10.1 Å². The van der Waals surface area contributed by atoms with Gasteiger partial charge in [0.1, 0.15) is 0 Å². The summed E-state index contributed by atoms with van der Waals surface area (Å²) < 4.78 is 4.89. The summed E-state index contributed by atoms with van der Waals surface area (Å²) in [5.74, 6) is -0.222. The second-order valence-corrected chi connectivity index (χ2v) is 3.39. The molecule has 5 heteroatoms. The van der Waals surface area contributed by atoms with Crippen LogP contribution in [0.25, 0.3) is 0 Å². The van der Waals surface area contributed by atoms with E-state index >= 15 is 0 Å². The highest BCUT2D eigenvalue weighted by molar-refractivity contribution is 6.31. The Balaban J connectivity index is 3.17. The van der Waals surface area contributed by atoms with Crippen molar-refractivity contribution < 1.29 is 14.6 Å². The molecule has 1 aromatic carbocycles. The average Bonchev–Trinajstić information content (AvgIpc) is 2.21. The molecule has 0 heterocycles. The van der Waals surface area contributed by atoms with E-state index in [1.807, 2.05) is 0 Å². The first-order valence-electron chi connectivity index (χ1n) is 4.34. The molecule has 1 rings (SSSR count). The summed E-state index contributed by atoms with van der Waals surface area (Å²) in [6, 6.07) is 2.87. The Morgan fingerprint density at radius 2 is 2.27 bits per heavy atom. The van der Waals surface area contributed by atoms with Crippen LogP contribution in [-0.2, 0) is 0 Å². The SMILES string of the molecule is CNCC(=O)c1cc(Cl)cc(OC)c1O. The van der Waals surface area contributed by atoms with Gasteiger partial charge in [-0.25, -0.2) is 0 Å². The van der Waals surface area contributed by atoms with Crippen molar-refractivity contribution in [2.24, 2.45) is 0 Å². The van der Waals surface area contributed by atoms with Crippen LogP contribution in [0.1, 0.15) is 10.4 Å². The number of ketones is 1. The van der Waals surface area contributed by atoms with E-state index in [4.69, 9.17) is 16.3 Å². The van der Waals surface area contributed by atoms with Crippen molar-refractivity contribution >= 4 is 17.4 Å². The second-order valence-electron chi connectivity index (χ2n) is 2.96. The molecule has 1 aromatic rings. The lowest BCUT2D eigenvalue weighted by atomic mass is 10.1. The highest BCUT2D eigenvalue weighted by atomic mass is 35.5. The van der Waals surface area contributed by atoms with Crippen molar-refractivity contribution in [2.45, 2.75) is 0 Å². The highest BCUT2D eigenvalue weighted by Gasteiger charge is 2.15. The third-order valence-corrected chi connectivity index (χ3v) is 2.12. The van der Waals surface area contributed by atoms with Crippen LogP contribution in [0.4, 0.5) is 0 Å². The van der Waals surface area contributed by atoms with E-state index in [1.165, 1.54) is 19.2 Å². The third kappa shape index (κ3) is 2.61. The molecule has 0 spiro atoms. The van der Waals surface area contributed by atoms with Crippen molar-refractivity contribution in [1.82, 2.24) is 5.32 Å². The van der Waals surface area contributed by atoms with Gasteiger partial charge in [-0.05, 0) is 13.1 Å². The number of nitrogens with one attached hydrogen (secondary N) is 1. The number of halogens is 1. The minimum atomic E-state index is -0.240. The van der Waals surface area contributed by atoms with Gasteiger partial charge in [0.15, 0.2) is 17.3 Å². The predicted molar refractivity (Wildman–Crippen MR) is 57.9 cm³/mol. The molecule has 82 valence electrons. The van der Waals surface area contributed by atoms with Gasteiger partial charge < -0.3 is 15.2 Å². The van der Waals surface area contributed by atoms with Crippen LogP contribution in [0.3, 0.4) is 0 Å². The van der Waals surface area contributed by atoms with E-state index in [0.29, 0.717) is 5.02 Å². The van der Waals surface area contributed by atoms with Crippen molar-refractivity contribution in [3.8, 4) is 11.5 Å². The van der Waals surface area contributed by atoms with Crippen LogP contribution in [0.5, 0.6) is 11.5 Å². The van der Waals surface area contributed by atoms with Crippen molar-refractivity contribution in [3.63, 3.8) is 0 Å². The van der Waals surface area contributed by atoms with Crippen LogP contribution >= 0.6 is 11.6 Å². The van der Waals surface area contributed by atoms with E-state index < -0.39 is 0 Å².